The van der Waals surface area contributed by atoms with E-state index >= 15 is 0 Å². The lowest BCUT2D eigenvalue weighted by atomic mass is 9.97. The van der Waals surface area contributed by atoms with E-state index in [9.17, 15) is 9.18 Å². The number of nitrogens with zero attached hydrogens (tertiary/aromatic N) is 2. The van der Waals surface area contributed by atoms with Crippen LogP contribution >= 0.6 is 0 Å². The Bertz CT molecular complexity index is 857. The Morgan fingerprint density at radius 1 is 1.27 bits per heavy atom. The highest BCUT2D eigenvalue weighted by Crippen LogP contribution is 2.36. The molecule has 0 radical (unpaired) electrons. The molecule has 0 aliphatic carbocycles. The van der Waals surface area contributed by atoms with Gasteiger partial charge in [0.15, 0.2) is 6.10 Å². The van der Waals surface area contributed by atoms with Crippen LogP contribution in [0, 0.1) is 17.7 Å². The van der Waals surface area contributed by atoms with Crippen molar-refractivity contribution >= 4 is 6.09 Å². The highest BCUT2D eigenvalue weighted by atomic mass is 19.1. The van der Waals surface area contributed by atoms with Gasteiger partial charge in [-0.2, -0.15) is 0 Å². The largest absolute Gasteiger partial charge is 0.439 e. The van der Waals surface area contributed by atoms with Crippen molar-refractivity contribution in [1.82, 2.24) is 15.2 Å². The molecular weight excluding hydrogens is 333 g/mol. The molecule has 1 fully saturated rings. The fourth-order valence-corrected chi connectivity index (χ4v) is 2.76. The van der Waals surface area contributed by atoms with Gasteiger partial charge in [0.05, 0.1) is 0 Å². The molecule has 1 saturated heterocycles. The maximum absolute atomic E-state index is 13.5. The minimum Gasteiger partial charge on any atom is -0.439 e. The molecule has 2 atom stereocenters. The van der Waals surface area contributed by atoms with Crippen LogP contribution in [0.1, 0.15) is 35.3 Å². The molecule has 0 bridgehead atoms. The smallest absolute Gasteiger partial charge is 0.408 e. The highest BCUT2D eigenvalue weighted by Gasteiger charge is 2.36. The topological polar surface area (TPSA) is 54.5 Å². The molecule has 0 unspecified atom stereocenters. The first-order valence-electron chi connectivity index (χ1n) is 8.34. The van der Waals surface area contributed by atoms with E-state index in [4.69, 9.17) is 4.74 Å². The summed E-state index contributed by atoms with van der Waals surface area (Å²) in [6, 6.07) is 7.49. The van der Waals surface area contributed by atoms with Gasteiger partial charge in [0.1, 0.15) is 11.9 Å². The number of carbonyl (C=O) groups is 1. The highest BCUT2D eigenvalue weighted by molar-refractivity contribution is 5.71. The molecule has 1 aliphatic rings. The average molecular weight is 353 g/mol. The standard InChI is InChI=1S/C20H20FN3O2/c1-24(2)9-4-3-6-14-10-16(13-22-12-14)18-19(26-20(25)23-18)15-7-5-8-17(21)11-15/h5,7-8,10-13,18-19H,4,9H2,1-2H3,(H,23,25)/t18-,19-/m1/s1. The number of benzene rings is 1. The lowest BCUT2D eigenvalue weighted by Gasteiger charge is -2.17. The van der Waals surface area contributed by atoms with Gasteiger partial charge in [-0.25, -0.2) is 9.18 Å². The summed E-state index contributed by atoms with van der Waals surface area (Å²) in [6.45, 7) is 0.883. The maximum Gasteiger partial charge on any atom is 0.408 e. The zero-order chi connectivity index (χ0) is 18.5. The van der Waals surface area contributed by atoms with Gasteiger partial charge in [-0.3, -0.25) is 4.98 Å². The molecule has 134 valence electrons. The zero-order valence-electron chi connectivity index (χ0n) is 14.7. The van der Waals surface area contributed by atoms with Crippen LogP contribution in [0.5, 0.6) is 0 Å². The first-order valence-corrected chi connectivity index (χ1v) is 8.34. The number of rotatable bonds is 4. The summed E-state index contributed by atoms with van der Waals surface area (Å²) in [6.07, 6.45) is 2.95. The fraction of sp³-hybridized carbons (Fsp3) is 0.300. The zero-order valence-corrected chi connectivity index (χ0v) is 14.7. The summed E-state index contributed by atoms with van der Waals surface area (Å²) in [5, 5.41) is 2.77. The number of alkyl carbamates (subject to hydrolysis) is 1. The minimum atomic E-state index is -0.614. The molecule has 2 aromatic rings. The Morgan fingerprint density at radius 2 is 2.12 bits per heavy atom. The quantitative estimate of drug-likeness (QED) is 0.859. The van der Waals surface area contributed by atoms with Gasteiger partial charge in [-0.15, -0.1) is 0 Å². The molecule has 0 spiro atoms. The number of amides is 1. The van der Waals surface area contributed by atoms with Gasteiger partial charge in [-0.05, 0) is 43.4 Å². The lowest BCUT2D eigenvalue weighted by molar-refractivity contribution is 0.132. The van der Waals surface area contributed by atoms with Crippen molar-refractivity contribution in [3.05, 3.63) is 65.2 Å². The summed E-state index contributed by atoms with van der Waals surface area (Å²) >= 11 is 0. The van der Waals surface area contributed by atoms with Crippen LogP contribution in [-0.4, -0.2) is 36.6 Å². The Hall–Kier alpha value is -2.91. The van der Waals surface area contributed by atoms with Crippen molar-refractivity contribution in [2.24, 2.45) is 0 Å². The first kappa shape index (κ1) is 17.9. The monoisotopic (exact) mass is 353 g/mol. The summed E-state index contributed by atoms with van der Waals surface area (Å²) in [5.41, 5.74) is 2.13. The Morgan fingerprint density at radius 3 is 2.88 bits per heavy atom. The van der Waals surface area contributed by atoms with E-state index in [1.807, 2.05) is 20.2 Å². The number of aromatic nitrogens is 1. The third-order valence-corrected chi connectivity index (χ3v) is 4.02. The van der Waals surface area contributed by atoms with Gasteiger partial charge in [0.25, 0.3) is 0 Å². The molecule has 1 aliphatic heterocycles. The van der Waals surface area contributed by atoms with Crippen LogP contribution in [-0.2, 0) is 4.74 Å². The summed E-state index contributed by atoms with van der Waals surface area (Å²) in [5.74, 6) is 5.82. The van der Waals surface area contributed by atoms with Gasteiger partial charge in [0, 0.05) is 30.9 Å². The molecule has 5 nitrogen and oxygen atoms in total. The molecular formula is C20H20FN3O2. The molecule has 26 heavy (non-hydrogen) atoms. The van der Waals surface area contributed by atoms with Gasteiger partial charge in [-0.1, -0.05) is 24.0 Å². The van der Waals surface area contributed by atoms with E-state index in [2.05, 4.69) is 27.0 Å². The predicted molar refractivity (Wildman–Crippen MR) is 95.8 cm³/mol. The van der Waals surface area contributed by atoms with Crippen molar-refractivity contribution in [2.45, 2.75) is 18.6 Å². The third-order valence-electron chi connectivity index (χ3n) is 4.02. The number of pyridine rings is 1. The second-order valence-corrected chi connectivity index (χ2v) is 6.36. The number of hydrogen-bond acceptors (Lipinski definition) is 4. The van der Waals surface area contributed by atoms with Crippen molar-refractivity contribution < 1.29 is 13.9 Å². The van der Waals surface area contributed by atoms with Crippen LogP contribution in [0.15, 0.2) is 42.7 Å². The van der Waals surface area contributed by atoms with E-state index in [1.54, 1.807) is 24.5 Å². The molecule has 3 rings (SSSR count). The van der Waals surface area contributed by atoms with Crippen LogP contribution in [0.25, 0.3) is 0 Å². The van der Waals surface area contributed by atoms with E-state index in [0.717, 1.165) is 24.1 Å². The Balaban J connectivity index is 1.82. The van der Waals surface area contributed by atoms with Crippen molar-refractivity contribution in [1.29, 1.82) is 0 Å². The van der Waals surface area contributed by atoms with Gasteiger partial charge in [0.2, 0.25) is 0 Å². The molecule has 0 saturated carbocycles. The van der Waals surface area contributed by atoms with E-state index < -0.39 is 18.2 Å². The maximum atomic E-state index is 13.5. The summed E-state index contributed by atoms with van der Waals surface area (Å²) in [7, 11) is 4.00. The van der Waals surface area contributed by atoms with Crippen LogP contribution < -0.4 is 5.32 Å². The lowest BCUT2D eigenvalue weighted by Crippen LogP contribution is -2.19. The Labute approximate surface area is 152 Å². The summed E-state index contributed by atoms with van der Waals surface area (Å²) in [4.78, 5) is 18.1. The van der Waals surface area contributed by atoms with Crippen LogP contribution in [0.2, 0.25) is 0 Å². The minimum absolute atomic E-state index is 0.372. The fourth-order valence-electron chi connectivity index (χ4n) is 2.76. The average Bonchev–Trinajstić information content (AvgIpc) is 3.01. The molecule has 1 N–H and O–H groups in total. The van der Waals surface area contributed by atoms with E-state index in [0.29, 0.717) is 5.56 Å². The van der Waals surface area contributed by atoms with Crippen molar-refractivity contribution in [3.8, 4) is 11.8 Å². The number of nitrogens with one attached hydrogen (secondary N) is 1. The van der Waals surface area contributed by atoms with Gasteiger partial charge >= 0.3 is 6.09 Å². The van der Waals surface area contributed by atoms with E-state index in [1.165, 1.54) is 12.1 Å². The number of carbonyl (C=O) groups excluding carboxylic acids is 1. The normalized spacial score (nSPS) is 18.8. The van der Waals surface area contributed by atoms with Crippen molar-refractivity contribution in [3.63, 3.8) is 0 Å². The first-order chi connectivity index (χ1) is 12.5. The molecule has 2 heterocycles. The van der Waals surface area contributed by atoms with Crippen LogP contribution in [0.3, 0.4) is 0 Å². The van der Waals surface area contributed by atoms with E-state index in [-0.39, 0.29) is 5.82 Å². The van der Waals surface area contributed by atoms with Gasteiger partial charge < -0.3 is 15.0 Å². The molecule has 1 amide bonds. The van der Waals surface area contributed by atoms with Crippen LogP contribution in [0.4, 0.5) is 9.18 Å². The predicted octanol–water partition coefficient (Wildman–Crippen LogP) is 3.05. The number of hydrogen-bond donors (Lipinski definition) is 1. The SMILES string of the molecule is CN(C)CCC#Cc1cncc([C@H]2NC(=O)O[C@@H]2c2cccc(F)c2)c1. The van der Waals surface area contributed by atoms with Crippen molar-refractivity contribution in [2.75, 3.05) is 20.6 Å². The molecule has 6 heteroatoms. The number of cyclic esters (lactones) is 1. The molecule has 1 aromatic carbocycles. The Kier molecular flexibility index (Phi) is 5.49. The number of halogens is 1. The summed E-state index contributed by atoms with van der Waals surface area (Å²) < 4.78 is 18.9. The number of ether oxygens (including phenoxy) is 1. The third kappa shape index (κ3) is 4.38. The second-order valence-electron chi connectivity index (χ2n) is 6.36. The molecule has 1 aromatic heterocycles. The second kappa shape index (κ2) is 7.98.